The molecule has 6 heteroatoms. The number of carbonyl (C=O) groups excluding carboxylic acids is 1. The predicted octanol–water partition coefficient (Wildman–Crippen LogP) is 2.03. The van der Waals surface area contributed by atoms with Gasteiger partial charge in [0.15, 0.2) is 5.69 Å². The van der Waals surface area contributed by atoms with Gasteiger partial charge in [0.25, 0.3) is 0 Å². The van der Waals surface area contributed by atoms with E-state index in [0.29, 0.717) is 12.1 Å². The number of aromatic carboxylic acids is 1. The van der Waals surface area contributed by atoms with E-state index in [1.54, 1.807) is 26.8 Å². The molecule has 0 unspecified atom stereocenters. The summed E-state index contributed by atoms with van der Waals surface area (Å²) >= 11 is 0. The van der Waals surface area contributed by atoms with E-state index in [9.17, 15) is 9.59 Å². The molecule has 1 aromatic heterocycles. The van der Waals surface area contributed by atoms with Crippen LogP contribution in [0.25, 0.3) is 0 Å². The summed E-state index contributed by atoms with van der Waals surface area (Å²) in [5, 5.41) is 9.06. The number of nitrogens with zero attached hydrogens (tertiary/aromatic N) is 2. The Balaban J connectivity index is 2.19. The minimum absolute atomic E-state index is 0.00330. The maximum atomic E-state index is 11.9. The van der Waals surface area contributed by atoms with Gasteiger partial charge in [0.1, 0.15) is 5.60 Å². The lowest BCUT2D eigenvalue weighted by molar-refractivity contribution is 0.0240. The smallest absolute Gasteiger partial charge is 0.410 e. The van der Waals surface area contributed by atoms with Crippen LogP contribution in [0.3, 0.4) is 0 Å². The summed E-state index contributed by atoms with van der Waals surface area (Å²) in [5.41, 5.74) is 0.822. The number of pyridine rings is 1. The van der Waals surface area contributed by atoms with Gasteiger partial charge in [0.05, 0.1) is 6.54 Å². The minimum atomic E-state index is -1.08. The Hall–Kier alpha value is -2.11. The summed E-state index contributed by atoms with van der Waals surface area (Å²) in [6.07, 6.45) is 1.00. The third-order valence-corrected chi connectivity index (χ3v) is 2.72. The fourth-order valence-corrected chi connectivity index (χ4v) is 1.95. The largest absolute Gasteiger partial charge is 0.477 e. The standard InChI is InChI=1S/C13H16N2O4/c1-13(2,3)19-12(18)15-6-8-4-5-14-10(11(16)17)9(8)7-15/h4-5H,6-7H2,1-3H3,(H,16,17). The van der Waals surface area contributed by atoms with Gasteiger partial charge in [-0.1, -0.05) is 0 Å². The number of rotatable bonds is 1. The van der Waals surface area contributed by atoms with Gasteiger partial charge in [-0.2, -0.15) is 0 Å². The van der Waals surface area contributed by atoms with Gasteiger partial charge in [-0.25, -0.2) is 14.6 Å². The fraction of sp³-hybridized carbons (Fsp3) is 0.462. The molecule has 0 spiro atoms. The number of amides is 1. The van der Waals surface area contributed by atoms with Crippen molar-refractivity contribution in [1.29, 1.82) is 0 Å². The van der Waals surface area contributed by atoms with E-state index in [4.69, 9.17) is 9.84 Å². The summed E-state index contributed by atoms with van der Waals surface area (Å²) in [4.78, 5) is 28.3. The molecule has 0 saturated heterocycles. The molecule has 6 nitrogen and oxygen atoms in total. The maximum Gasteiger partial charge on any atom is 0.410 e. The highest BCUT2D eigenvalue weighted by Crippen LogP contribution is 2.26. The molecule has 1 N–H and O–H groups in total. The van der Waals surface area contributed by atoms with Crippen LogP contribution in [0.4, 0.5) is 4.79 Å². The molecular formula is C13H16N2O4. The van der Waals surface area contributed by atoms with Crippen LogP contribution in [-0.2, 0) is 17.8 Å². The van der Waals surface area contributed by atoms with Crippen LogP contribution in [0.5, 0.6) is 0 Å². The normalized spacial score (nSPS) is 14.2. The SMILES string of the molecule is CC(C)(C)OC(=O)N1Cc2ccnc(C(=O)O)c2C1. The van der Waals surface area contributed by atoms with Crippen molar-refractivity contribution < 1.29 is 19.4 Å². The Labute approximate surface area is 111 Å². The minimum Gasteiger partial charge on any atom is -0.477 e. The second-order valence-corrected chi connectivity index (χ2v) is 5.44. The zero-order valence-corrected chi connectivity index (χ0v) is 11.1. The monoisotopic (exact) mass is 264 g/mol. The first-order chi connectivity index (χ1) is 8.78. The van der Waals surface area contributed by atoms with E-state index in [1.165, 1.54) is 11.1 Å². The first kappa shape index (κ1) is 13.3. The Morgan fingerprint density at radius 1 is 1.37 bits per heavy atom. The van der Waals surface area contributed by atoms with Gasteiger partial charge in [0, 0.05) is 18.3 Å². The van der Waals surface area contributed by atoms with Crippen molar-refractivity contribution >= 4 is 12.1 Å². The average Bonchev–Trinajstić information content (AvgIpc) is 2.69. The molecule has 2 rings (SSSR count). The van der Waals surface area contributed by atoms with E-state index in [0.717, 1.165) is 5.56 Å². The molecule has 1 aromatic rings. The van der Waals surface area contributed by atoms with Crippen molar-refractivity contribution in [3.8, 4) is 0 Å². The molecule has 0 bridgehead atoms. The maximum absolute atomic E-state index is 11.9. The van der Waals surface area contributed by atoms with Gasteiger partial charge >= 0.3 is 12.1 Å². The third-order valence-electron chi connectivity index (χ3n) is 2.72. The van der Waals surface area contributed by atoms with Gasteiger partial charge in [-0.05, 0) is 32.4 Å². The summed E-state index contributed by atoms with van der Waals surface area (Å²) in [6.45, 7) is 5.95. The fourth-order valence-electron chi connectivity index (χ4n) is 1.95. The number of fused-ring (bicyclic) bond motifs is 1. The molecule has 102 valence electrons. The van der Waals surface area contributed by atoms with Gasteiger partial charge in [-0.3, -0.25) is 4.90 Å². The molecule has 0 radical (unpaired) electrons. The van der Waals surface area contributed by atoms with Crippen molar-refractivity contribution in [2.45, 2.75) is 39.5 Å². The van der Waals surface area contributed by atoms with Crippen molar-refractivity contribution in [2.75, 3.05) is 0 Å². The predicted molar refractivity (Wildman–Crippen MR) is 66.7 cm³/mol. The number of hydrogen-bond donors (Lipinski definition) is 1. The number of ether oxygens (including phenoxy) is 1. The van der Waals surface area contributed by atoms with Crippen LogP contribution >= 0.6 is 0 Å². The second-order valence-electron chi connectivity index (χ2n) is 5.44. The Bertz CT molecular complexity index is 534. The molecule has 0 aliphatic carbocycles. The number of aromatic nitrogens is 1. The van der Waals surface area contributed by atoms with Crippen molar-refractivity contribution in [1.82, 2.24) is 9.88 Å². The molecule has 1 amide bonds. The van der Waals surface area contributed by atoms with Crippen LogP contribution in [-0.4, -0.2) is 32.7 Å². The van der Waals surface area contributed by atoms with Gasteiger partial charge in [-0.15, -0.1) is 0 Å². The molecule has 1 aliphatic rings. The van der Waals surface area contributed by atoms with Crippen LogP contribution < -0.4 is 0 Å². The topological polar surface area (TPSA) is 79.7 Å². The zero-order valence-electron chi connectivity index (χ0n) is 11.1. The highest BCUT2D eigenvalue weighted by molar-refractivity contribution is 5.88. The van der Waals surface area contributed by atoms with Crippen molar-refractivity contribution in [3.05, 3.63) is 29.1 Å². The van der Waals surface area contributed by atoms with Crippen LogP contribution in [0, 0.1) is 0 Å². The third kappa shape index (κ3) is 2.83. The van der Waals surface area contributed by atoms with E-state index >= 15 is 0 Å². The number of carbonyl (C=O) groups is 2. The van der Waals surface area contributed by atoms with Gasteiger partial charge in [0.2, 0.25) is 0 Å². The molecule has 19 heavy (non-hydrogen) atoms. The van der Waals surface area contributed by atoms with E-state index in [1.807, 2.05) is 0 Å². The van der Waals surface area contributed by atoms with Crippen molar-refractivity contribution in [2.24, 2.45) is 0 Å². The zero-order chi connectivity index (χ0) is 14.2. The quantitative estimate of drug-likeness (QED) is 0.839. The first-order valence-corrected chi connectivity index (χ1v) is 5.96. The molecule has 0 fully saturated rings. The Morgan fingerprint density at radius 2 is 2.05 bits per heavy atom. The molecule has 2 heterocycles. The molecule has 1 aliphatic heterocycles. The summed E-state index contributed by atoms with van der Waals surface area (Å²) < 4.78 is 5.27. The lowest BCUT2D eigenvalue weighted by Gasteiger charge is -2.24. The molecule has 0 atom stereocenters. The molecule has 0 aromatic carbocycles. The van der Waals surface area contributed by atoms with E-state index < -0.39 is 17.7 Å². The highest BCUT2D eigenvalue weighted by atomic mass is 16.6. The number of hydrogen-bond acceptors (Lipinski definition) is 4. The van der Waals surface area contributed by atoms with E-state index in [2.05, 4.69) is 4.98 Å². The summed E-state index contributed by atoms with van der Waals surface area (Å²) in [6, 6.07) is 1.73. The van der Waals surface area contributed by atoms with Crippen LogP contribution in [0.15, 0.2) is 12.3 Å². The van der Waals surface area contributed by atoms with Crippen LogP contribution in [0.1, 0.15) is 42.4 Å². The number of carboxylic acid groups (broad SMARTS) is 1. The van der Waals surface area contributed by atoms with E-state index in [-0.39, 0.29) is 12.2 Å². The average molecular weight is 264 g/mol. The first-order valence-electron chi connectivity index (χ1n) is 5.96. The molecule has 0 saturated carbocycles. The van der Waals surface area contributed by atoms with Crippen molar-refractivity contribution in [3.63, 3.8) is 0 Å². The molecular weight excluding hydrogens is 248 g/mol. The number of carboxylic acids is 1. The summed E-state index contributed by atoms with van der Waals surface area (Å²) in [5.74, 6) is -1.08. The Morgan fingerprint density at radius 3 is 2.63 bits per heavy atom. The Kier molecular flexibility index (Phi) is 3.18. The lowest BCUT2D eigenvalue weighted by atomic mass is 10.1. The van der Waals surface area contributed by atoms with Gasteiger partial charge < -0.3 is 9.84 Å². The highest BCUT2D eigenvalue weighted by Gasteiger charge is 2.30. The summed E-state index contributed by atoms with van der Waals surface area (Å²) in [7, 11) is 0. The van der Waals surface area contributed by atoms with Crippen LogP contribution in [0.2, 0.25) is 0 Å². The lowest BCUT2D eigenvalue weighted by Crippen LogP contribution is -2.33. The second kappa shape index (κ2) is 4.53.